The maximum Gasteiger partial charge on any atom is 0.249 e. The molecule has 0 spiro atoms. The maximum absolute atomic E-state index is 12.3. The summed E-state index contributed by atoms with van der Waals surface area (Å²) in [6.45, 7) is 2.06. The van der Waals surface area contributed by atoms with Crippen LogP contribution in [-0.4, -0.2) is 30.4 Å². The first-order chi connectivity index (χ1) is 13.0. The van der Waals surface area contributed by atoms with Crippen molar-refractivity contribution < 1.29 is 14.3 Å². The Balaban J connectivity index is 1.79. The second kappa shape index (κ2) is 8.63. The van der Waals surface area contributed by atoms with Crippen LogP contribution >= 0.6 is 23.1 Å². The summed E-state index contributed by atoms with van der Waals surface area (Å²) >= 11 is 3.09. The fourth-order valence-corrected chi connectivity index (χ4v) is 4.67. The van der Waals surface area contributed by atoms with Crippen molar-refractivity contribution in [3.63, 3.8) is 0 Å². The zero-order chi connectivity index (χ0) is 19.4. The molecular weight excluding hydrogens is 380 g/mol. The molecular formula is C20H22N2O3S2. The Kier molecular flexibility index (Phi) is 6.23. The summed E-state index contributed by atoms with van der Waals surface area (Å²) in [5, 5.41) is 0. The van der Waals surface area contributed by atoms with Gasteiger partial charge in [-0.2, -0.15) is 4.99 Å². The fourth-order valence-electron chi connectivity index (χ4n) is 2.68. The highest BCUT2D eigenvalue weighted by Gasteiger charge is 2.14. The quantitative estimate of drug-likeness (QED) is 0.581. The number of thioether (sulfide) groups is 1. The monoisotopic (exact) mass is 402 g/mol. The van der Waals surface area contributed by atoms with Gasteiger partial charge in [-0.15, -0.1) is 11.8 Å². The Morgan fingerprint density at radius 2 is 1.78 bits per heavy atom. The Morgan fingerprint density at radius 3 is 2.44 bits per heavy atom. The first-order valence-corrected chi connectivity index (χ1v) is 10.3. The smallest absolute Gasteiger partial charge is 0.249 e. The summed E-state index contributed by atoms with van der Waals surface area (Å²) in [6.07, 6.45) is 0.390. The van der Waals surface area contributed by atoms with Crippen molar-refractivity contribution in [2.24, 2.45) is 12.0 Å². The third-order valence-electron chi connectivity index (χ3n) is 4.14. The highest BCUT2D eigenvalue weighted by atomic mass is 32.2. The second-order valence-corrected chi connectivity index (χ2v) is 8.15. The van der Waals surface area contributed by atoms with E-state index in [1.54, 1.807) is 26.0 Å². The van der Waals surface area contributed by atoms with E-state index in [4.69, 9.17) is 9.47 Å². The third kappa shape index (κ3) is 4.36. The SMILES string of the molecule is COc1ccc(OC)c2c1sc(=NC(=O)CCSc1ccc(C)cc1)n2C. The molecule has 1 heterocycles. The van der Waals surface area contributed by atoms with Crippen molar-refractivity contribution in [2.75, 3.05) is 20.0 Å². The van der Waals surface area contributed by atoms with E-state index in [2.05, 4.69) is 36.2 Å². The van der Waals surface area contributed by atoms with Gasteiger partial charge in [-0.05, 0) is 31.2 Å². The molecule has 0 fully saturated rings. The zero-order valence-electron chi connectivity index (χ0n) is 15.8. The number of rotatable bonds is 6. The van der Waals surface area contributed by atoms with Gasteiger partial charge in [-0.3, -0.25) is 4.79 Å². The van der Waals surface area contributed by atoms with Crippen molar-refractivity contribution in [1.82, 2.24) is 4.57 Å². The third-order valence-corrected chi connectivity index (χ3v) is 6.30. The van der Waals surface area contributed by atoms with Gasteiger partial charge in [0.25, 0.3) is 0 Å². The predicted molar refractivity (Wildman–Crippen MR) is 111 cm³/mol. The van der Waals surface area contributed by atoms with Gasteiger partial charge >= 0.3 is 0 Å². The average Bonchev–Trinajstić information content (AvgIpc) is 2.99. The Morgan fingerprint density at radius 1 is 1.11 bits per heavy atom. The highest BCUT2D eigenvalue weighted by Crippen LogP contribution is 2.34. The van der Waals surface area contributed by atoms with Gasteiger partial charge in [-0.1, -0.05) is 29.0 Å². The summed E-state index contributed by atoms with van der Waals surface area (Å²) < 4.78 is 13.7. The molecule has 2 aromatic carbocycles. The number of benzene rings is 2. The topological polar surface area (TPSA) is 52.8 Å². The molecule has 0 radical (unpaired) electrons. The number of nitrogens with zero attached hydrogens (tertiary/aromatic N) is 2. The first-order valence-electron chi connectivity index (χ1n) is 8.51. The average molecular weight is 403 g/mol. The van der Waals surface area contributed by atoms with E-state index in [1.807, 2.05) is 23.7 Å². The number of fused-ring (bicyclic) bond motifs is 1. The van der Waals surface area contributed by atoms with Crippen LogP contribution in [0.1, 0.15) is 12.0 Å². The van der Waals surface area contributed by atoms with Gasteiger partial charge in [-0.25, -0.2) is 0 Å². The van der Waals surface area contributed by atoms with Gasteiger partial charge in [0.05, 0.1) is 14.2 Å². The first kappa shape index (κ1) is 19.5. The maximum atomic E-state index is 12.3. The van der Waals surface area contributed by atoms with Crippen LogP contribution in [0.2, 0.25) is 0 Å². The van der Waals surface area contributed by atoms with Crippen molar-refractivity contribution in [2.45, 2.75) is 18.2 Å². The van der Waals surface area contributed by atoms with E-state index in [9.17, 15) is 4.79 Å². The molecule has 0 atom stereocenters. The normalized spacial score (nSPS) is 11.8. The Labute approximate surface area is 166 Å². The van der Waals surface area contributed by atoms with E-state index in [1.165, 1.54) is 16.9 Å². The lowest BCUT2D eigenvalue weighted by Crippen LogP contribution is -2.13. The molecule has 27 heavy (non-hydrogen) atoms. The number of thiazole rings is 1. The van der Waals surface area contributed by atoms with Crippen LogP contribution in [0.4, 0.5) is 0 Å². The number of ether oxygens (including phenoxy) is 2. The van der Waals surface area contributed by atoms with Crippen molar-refractivity contribution >= 4 is 39.2 Å². The van der Waals surface area contributed by atoms with E-state index >= 15 is 0 Å². The lowest BCUT2D eigenvalue weighted by molar-refractivity contribution is -0.117. The molecule has 3 aromatic rings. The molecule has 1 amide bonds. The van der Waals surface area contributed by atoms with Crippen LogP contribution in [0, 0.1) is 6.92 Å². The number of hydrogen-bond acceptors (Lipinski definition) is 5. The molecule has 1 aromatic heterocycles. The molecule has 0 aliphatic carbocycles. The van der Waals surface area contributed by atoms with Gasteiger partial charge in [0, 0.05) is 24.1 Å². The standard InChI is InChI=1S/C20H22N2O3S2/c1-13-5-7-14(8-6-13)26-12-11-17(23)21-20-22(2)18-15(24-3)9-10-16(25-4)19(18)27-20/h5-10H,11-12H2,1-4H3. The number of methoxy groups -OCH3 is 2. The number of carbonyl (C=O) groups excluding carboxylic acids is 1. The number of hydrogen-bond donors (Lipinski definition) is 0. The molecule has 0 aliphatic heterocycles. The van der Waals surface area contributed by atoms with Gasteiger partial charge in [0.15, 0.2) is 4.80 Å². The predicted octanol–water partition coefficient (Wildman–Crippen LogP) is 4.18. The second-order valence-electron chi connectivity index (χ2n) is 6.01. The largest absolute Gasteiger partial charge is 0.495 e. The van der Waals surface area contributed by atoms with Crippen molar-refractivity contribution in [1.29, 1.82) is 0 Å². The van der Waals surface area contributed by atoms with Gasteiger partial charge < -0.3 is 14.0 Å². The van der Waals surface area contributed by atoms with Gasteiger partial charge in [0.2, 0.25) is 5.91 Å². The van der Waals surface area contributed by atoms with Gasteiger partial charge in [0.1, 0.15) is 21.7 Å². The summed E-state index contributed by atoms with van der Waals surface area (Å²) in [5.41, 5.74) is 2.11. The summed E-state index contributed by atoms with van der Waals surface area (Å²) in [5.74, 6) is 2.05. The lowest BCUT2D eigenvalue weighted by atomic mass is 10.2. The van der Waals surface area contributed by atoms with Crippen LogP contribution in [0.5, 0.6) is 11.5 Å². The number of aryl methyl sites for hydroxylation is 2. The number of carbonyl (C=O) groups is 1. The van der Waals surface area contributed by atoms with E-state index in [-0.39, 0.29) is 5.91 Å². The summed E-state index contributed by atoms with van der Waals surface area (Å²) in [6, 6.07) is 12.0. The molecule has 3 rings (SSSR count). The van der Waals surface area contributed by atoms with Crippen molar-refractivity contribution in [3.05, 3.63) is 46.8 Å². The molecule has 142 valence electrons. The van der Waals surface area contributed by atoms with Crippen LogP contribution in [0.3, 0.4) is 0 Å². The minimum Gasteiger partial charge on any atom is -0.495 e. The molecule has 0 N–H and O–H groups in total. The van der Waals surface area contributed by atoms with Crippen LogP contribution < -0.4 is 14.3 Å². The van der Waals surface area contributed by atoms with Crippen LogP contribution in [0.25, 0.3) is 10.2 Å². The minimum absolute atomic E-state index is 0.130. The van der Waals surface area contributed by atoms with E-state index in [0.717, 1.165) is 26.6 Å². The molecule has 5 nitrogen and oxygen atoms in total. The van der Waals surface area contributed by atoms with E-state index in [0.29, 0.717) is 17.0 Å². The fraction of sp³-hybridized carbons (Fsp3) is 0.300. The lowest BCUT2D eigenvalue weighted by Gasteiger charge is -2.06. The minimum atomic E-state index is -0.130. The Hall–Kier alpha value is -2.25. The van der Waals surface area contributed by atoms with Crippen molar-refractivity contribution in [3.8, 4) is 11.5 Å². The van der Waals surface area contributed by atoms with Crippen LogP contribution in [-0.2, 0) is 11.8 Å². The van der Waals surface area contributed by atoms with E-state index < -0.39 is 0 Å². The molecule has 0 saturated carbocycles. The molecule has 0 saturated heterocycles. The molecule has 7 heteroatoms. The molecule has 0 unspecified atom stereocenters. The van der Waals surface area contributed by atoms with Crippen LogP contribution in [0.15, 0.2) is 46.3 Å². The molecule has 0 bridgehead atoms. The summed E-state index contributed by atoms with van der Waals surface area (Å²) in [4.78, 5) is 18.5. The highest BCUT2D eigenvalue weighted by molar-refractivity contribution is 7.99. The molecule has 0 aliphatic rings. The number of aromatic nitrogens is 1. The zero-order valence-corrected chi connectivity index (χ0v) is 17.4. The Bertz CT molecular complexity index is 1020. The number of amides is 1. The summed E-state index contributed by atoms with van der Waals surface area (Å²) in [7, 11) is 5.14.